The second-order valence-electron chi connectivity index (χ2n) is 5.12. The van der Waals surface area contributed by atoms with Crippen molar-refractivity contribution in [2.75, 3.05) is 32.4 Å². The Morgan fingerprint density at radius 3 is 2.56 bits per heavy atom. The Bertz CT molecular complexity index is 424. The molecule has 0 aromatic carbocycles. The molecule has 0 radical (unpaired) electrons. The lowest BCUT2D eigenvalue weighted by Crippen LogP contribution is -2.51. The van der Waals surface area contributed by atoms with E-state index < -0.39 is 10.0 Å². The van der Waals surface area contributed by atoms with E-state index in [4.69, 9.17) is 5.73 Å². The van der Waals surface area contributed by atoms with Crippen molar-refractivity contribution in [3.63, 3.8) is 0 Å². The number of hydrogen-bond acceptors (Lipinski definition) is 3. The molecule has 18 heavy (non-hydrogen) atoms. The number of nitrogens with two attached hydrogens (primary N) is 1. The molecule has 2 rings (SSSR count). The smallest absolute Gasteiger partial charge is 0.213 e. The zero-order valence-electron chi connectivity index (χ0n) is 11.0. The van der Waals surface area contributed by atoms with Gasteiger partial charge in [-0.05, 0) is 19.8 Å². The molecule has 1 saturated heterocycles. The SMILES string of the molecule is CCS(=O)(=O)N1CC(CN=C(N)N(C)C2CC2)C1. The molecule has 1 aliphatic carbocycles. The maximum absolute atomic E-state index is 11.5. The second kappa shape index (κ2) is 5.05. The third-order valence-corrected chi connectivity index (χ3v) is 5.46. The molecule has 0 atom stereocenters. The molecule has 6 nitrogen and oxygen atoms in total. The molecule has 2 aliphatic rings. The van der Waals surface area contributed by atoms with Gasteiger partial charge in [0.1, 0.15) is 0 Å². The lowest BCUT2D eigenvalue weighted by Gasteiger charge is -2.37. The van der Waals surface area contributed by atoms with E-state index in [1.54, 1.807) is 6.92 Å². The Balaban J connectivity index is 1.75. The summed E-state index contributed by atoms with van der Waals surface area (Å²) in [5.41, 5.74) is 5.88. The van der Waals surface area contributed by atoms with E-state index in [0.29, 0.717) is 37.6 Å². The summed E-state index contributed by atoms with van der Waals surface area (Å²) in [6, 6.07) is 0.562. The highest BCUT2D eigenvalue weighted by Crippen LogP contribution is 2.25. The molecule has 0 bridgehead atoms. The largest absolute Gasteiger partial charge is 0.370 e. The Morgan fingerprint density at radius 2 is 2.06 bits per heavy atom. The predicted molar refractivity (Wildman–Crippen MR) is 71.8 cm³/mol. The van der Waals surface area contributed by atoms with Crippen LogP contribution in [0.1, 0.15) is 19.8 Å². The van der Waals surface area contributed by atoms with E-state index >= 15 is 0 Å². The molecule has 1 heterocycles. The van der Waals surface area contributed by atoms with Gasteiger partial charge in [-0.1, -0.05) is 0 Å². The summed E-state index contributed by atoms with van der Waals surface area (Å²) >= 11 is 0. The van der Waals surface area contributed by atoms with Crippen LogP contribution in [0.5, 0.6) is 0 Å². The van der Waals surface area contributed by atoms with Crippen molar-refractivity contribution in [1.29, 1.82) is 0 Å². The first-order valence-corrected chi connectivity index (χ1v) is 8.05. The van der Waals surface area contributed by atoms with Crippen LogP contribution < -0.4 is 5.73 Å². The first kappa shape index (κ1) is 13.6. The quantitative estimate of drug-likeness (QED) is 0.550. The average molecular weight is 274 g/mol. The van der Waals surface area contributed by atoms with Gasteiger partial charge in [0.15, 0.2) is 5.96 Å². The van der Waals surface area contributed by atoms with Crippen LogP contribution in [0, 0.1) is 5.92 Å². The Labute approximate surface area is 109 Å². The highest BCUT2D eigenvalue weighted by molar-refractivity contribution is 7.89. The van der Waals surface area contributed by atoms with E-state index in [1.807, 2.05) is 11.9 Å². The number of aliphatic imine (C=N–C) groups is 1. The molecule has 0 amide bonds. The third-order valence-electron chi connectivity index (χ3n) is 3.65. The van der Waals surface area contributed by atoms with Crippen LogP contribution in [0.15, 0.2) is 4.99 Å². The molecule has 0 spiro atoms. The molecule has 0 unspecified atom stereocenters. The summed E-state index contributed by atoms with van der Waals surface area (Å²) in [5.74, 6) is 1.07. The van der Waals surface area contributed by atoms with Crippen molar-refractivity contribution < 1.29 is 8.42 Å². The van der Waals surface area contributed by atoms with Crippen LogP contribution in [-0.2, 0) is 10.0 Å². The molecular weight excluding hydrogens is 252 g/mol. The van der Waals surface area contributed by atoms with Crippen molar-refractivity contribution >= 4 is 16.0 Å². The maximum atomic E-state index is 11.5. The molecule has 1 aliphatic heterocycles. The van der Waals surface area contributed by atoms with Crippen LogP contribution in [0.25, 0.3) is 0 Å². The van der Waals surface area contributed by atoms with Gasteiger partial charge in [0.05, 0.1) is 5.75 Å². The predicted octanol–water partition coefficient (Wildman–Crippen LogP) is -0.323. The minimum Gasteiger partial charge on any atom is -0.370 e. The van der Waals surface area contributed by atoms with Crippen LogP contribution >= 0.6 is 0 Å². The molecule has 0 aromatic rings. The number of guanidine groups is 1. The minimum atomic E-state index is -3.01. The van der Waals surface area contributed by atoms with Crippen LogP contribution in [0.3, 0.4) is 0 Å². The van der Waals surface area contributed by atoms with Gasteiger partial charge in [-0.3, -0.25) is 4.99 Å². The number of rotatable bonds is 5. The van der Waals surface area contributed by atoms with Crippen molar-refractivity contribution in [1.82, 2.24) is 9.21 Å². The molecule has 104 valence electrons. The first-order chi connectivity index (χ1) is 8.44. The molecule has 0 aromatic heterocycles. The van der Waals surface area contributed by atoms with Gasteiger partial charge in [-0.15, -0.1) is 0 Å². The van der Waals surface area contributed by atoms with E-state index in [0.717, 1.165) is 0 Å². The summed E-state index contributed by atoms with van der Waals surface area (Å²) in [6.07, 6.45) is 2.39. The van der Waals surface area contributed by atoms with Crippen molar-refractivity contribution in [3.05, 3.63) is 0 Å². The second-order valence-corrected chi connectivity index (χ2v) is 7.38. The zero-order chi connectivity index (χ0) is 13.3. The normalized spacial score (nSPS) is 22.9. The fourth-order valence-corrected chi connectivity index (χ4v) is 3.27. The highest BCUT2D eigenvalue weighted by atomic mass is 32.2. The summed E-state index contributed by atoms with van der Waals surface area (Å²) in [6.45, 7) is 3.46. The van der Waals surface area contributed by atoms with E-state index in [-0.39, 0.29) is 5.75 Å². The average Bonchev–Trinajstić information content (AvgIpc) is 3.09. The van der Waals surface area contributed by atoms with Gasteiger partial charge in [0, 0.05) is 38.6 Å². The van der Waals surface area contributed by atoms with Crippen LogP contribution in [0.4, 0.5) is 0 Å². The Hall–Kier alpha value is -0.820. The third kappa shape index (κ3) is 2.95. The van der Waals surface area contributed by atoms with Crippen molar-refractivity contribution in [2.24, 2.45) is 16.6 Å². The van der Waals surface area contributed by atoms with E-state index in [1.165, 1.54) is 17.1 Å². The van der Waals surface area contributed by atoms with Gasteiger partial charge in [-0.25, -0.2) is 12.7 Å². The van der Waals surface area contributed by atoms with Crippen LogP contribution in [-0.4, -0.2) is 62.1 Å². The fourth-order valence-electron chi connectivity index (χ4n) is 2.03. The van der Waals surface area contributed by atoms with Crippen LogP contribution in [0.2, 0.25) is 0 Å². The Kier molecular flexibility index (Phi) is 3.82. The zero-order valence-corrected chi connectivity index (χ0v) is 11.9. The number of sulfonamides is 1. The van der Waals surface area contributed by atoms with Gasteiger partial charge in [-0.2, -0.15) is 0 Å². The minimum absolute atomic E-state index is 0.176. The summed E-state index contributed by atoms with van der Waals surface area (Å²) < 4.78 is 24.6. The Morgan fingerprint density at radius 1 is 1.44 bits per heavy atom. The van der Waals surface area contributed by atoms with Gasteiger partial charge in [0.2, 0.25) is 10.0 Å². The topological polar surface area (TPSA) is 79.0 Å². The summed E-state index contributed by atoms with van der Waals surface area (Å²) in [5, 5.41) is 0. The van der Waals surface area contributed by atoms with E-state index in [9.17, 15) is 8.42 Å². The molecule has 2 N–H and O–H groups in total. The monoisotopic (exact) mass is 274 g/mol. The summed E-state index contributed by atoms with van der Waals surface area (Å²) in [7, 11) is -1.05. The maximum Gasteiger partial charge on any atom is 0.213 e. The molecule has 7 heteroatoms. The molecule has 1 saturated carbocycles. The van der Waals surface area contributed by atoms with Crippen molar-refractivity contribution in [2.45, 2.75) is 25.8 Å². The number of nitrogens with zero attached hydrogens (tertiary/aromatic N) is 3. The van der Waals surface area contributed by atoms with E-state index in [2.05, 4.69) is 4.99 Å². The lowest BCUT2D eigenvalue weighted by molar-refractivity contribution is 0.207. The fraction of sp³-hybridized carbons (Fsp3) is 0.909. The summed E-state index contributed by atoms with van der Waals surface area (Å²) in [4.78, 5) is 6.36. The lowest BCUT2D eigenvalue weighted by atomic mass is 10.0. The molecule has 2 fully saturated rings. The van der Waals surface area contributed by atoms with Crippen molar-refractivity contribution in [3.8, 4) is 0 Å². The van der Waals surface area contributed by atoms with Gasteiger partial charge in [0.25, 0.3) is 0 Å². The van der Waals surface area contributed by atoms with Gasteiger partial charge < -0.3 is 10.6 Å². The first-order valence-electron chi connectivity index (χ1n) is 6.44. The van der Waals surface area contributed by atoms with Gasteiger partial charge >= 0.3 is 0 Å². The molecular formula is C11H22N4O2S. The highest BCUT2D eigenvalue weighted by Gasteiger charge is 2.34. The number of hydrogen-bond donors (Lipinski definition) is 1. The standard InChI is InChI=1S/C11H22N4O2S/c1-3-18(16,17)15-7-9(8-15)6-13-11(12)14(2)10-4-5-10/h9-10H,3-8H2,1-2H3,(H2,12,13).